The molecule has 0 aliphatic rings. The van der Waals surface area contributed by atoms with E-state index in [4.69, 9.17) is 14.4 Å². The predicted molar refractivity (Wildman–Crippen MR) is 82.4 cm³/mol. The first-order valence-electron chi connectivity index (χ1n) is 7.12. The third-order valence-electron chi connectivity index (χ3n) is 3.14. The van der Waals surface area contributed by atoms with Crippen LogP contribution in [0.4, 0.5) is 5.69 Å². The molecule has 1 amide bonds. The number of anilines is 1. The first kappa shape index (κ1) is 16.3. The number of para-hydroxylation sites is 1. The monoisotopic (exact) mass is 312 g/mol. The van der Waals surface area contributed by atoms with Crippen LogP contribution in [-0.2, 0) is 20.7 Å². The Kier molecular flexibility index (Phi) is 5.53. The van der Waals surface area contributed by atoms with Gasteiger partial charge in [0.25, 0.3) is 5.91 Å². The molecule has 1 aromatic carbocycles. The molecule has 0 aliphatic carbocycles. The van der Waals surface area contributed by atoms with E-state index in [1.54, 1.807) is 36.4 Å². The lowest BCUT2D eigenvalue weighted by Gasteiger charge is -2.14. The smallest absolute Gasteiger partial charge is 0.307 e. The third-order valence-corrected chi connectivity index (χ3v) is 3.14. The Bertz CT molecular complexity index is 716. The maximum absolute atomic E-state index is 12.0. The van der Waals surface area contributed by atoms with Crippen molar-refractivity contribution in [3.05, 3.63) is 54.0 Å². The number of nitriles is 1. The number of amides is 1. The number of carbonyl (C=O) groups is 2. The van der Waals surface area contributed by atoms with E-state index in [1.807, 2.05) is 6.07 Å². The quantitative estimate of drug-likeness (QED) is 0.828. The number of hydrogen-bond acceptors (Lipinski definition) is 5. The molecule has 0 radical (unpaired) electrons. The molecule has 0 spiro atoms. The topological polar surface area (TPSA) is 92.3 Å². The number of carbonyl (C=O) groups excluding carboxylic acids is 2. The van der Waals surface area contributed by atoms with Crippen molar-refractivity contribution in [2.24, 2.45) is 0 Å². The van der Waals surface area contributed by atoms with Gasteiger partial charge in [0.1, 0.15) is 11.8 Å². The van der Waals surface area contributed by atoms with Gasteiger partial charge in [-0.1, -0.05) is 12.1 Å². The Labute approximate surface area is 133 Å². The molecular weight excluding hydrogens is 296 g/mol. The lowest BCUT2D eigenvalue weighted by Crippen LogP contribution is -2.30. The molecule has 1 heterocycles. The van der Waals surface area contributed by atoms with Crippen LogP contribution in [0.25, 0.3) is 0 Å². The number of esters is 1. The minimum atomic E-state index is -0.953. The van der Waals surface area contributed by atoms with E-state index >= 15 is 0 Å². The number of benzene rings is 1. The van der Waals surface area contributed by atoms with Gasteiger partial charge in [0, 0.05) is 6.42 Å². The number of hydrogen-bond donors (Lipinski definition) is 1. The second-order valence-corrected chi connectivity index (χ2v) is 4.86. The van der Waals surface area contributed by atoms with E-state index in [0.717, 1.165) is 0 Å². The van der Waals surface area contributed by atoms with Gasteiger partial charge in [-0.15, -0.1) is 0 Å². The number of furan rings is 1. The van der Waals surface area contributed by atoms with E-state index in [2.05, 4.69) is 5.32 Å². The molecule has 0 aliphatic heterocycles. The summed E-state index contributed by atoms with van der Waals surface area (Å²) in [6.45, 7) is 1.48. The average Bonchev–Trinajstić information content (AvgIpc) is 3.06. The van der Waals surface area contributed by atoms with Crippen molar-refractivity contribution >= 4 is 17.6 Å². The largest absolute Gasteiger partial charge is 0.469 e. The molecule has 118 valence electrons. The molecule has 2 rings (SSSR count). The summed E-state index contributed by atoms with van der Waals surface area (Å²) in [5.74, 6) is -0.293. The van der Waals surface area contributed by atoms with Crippen LogP contribution in [0.1, 0.15) is 24.7 Å². The molecule has 1 aromatic heterocycles. The zero-order chi connectivity index (χ0) is 16.7. The van der Waals surface area contributed by atoms with Crippen LogP contribution in [0.5, 0.6) is 0 Å². The summed E-state index contributed by atoms with van der Waals surface area (Å²) in [5, 5.41) is 11.6. The number of ether oxygens (including phenoxy) is 1. The van der Waals surface area contributed by atoms with Crippen LogP contribution in [-0.4, -0.2) is 18.0 Å². The normalized spacial score (nSPS) is 11.3. The molecule has 23 heavy (non-hydrogen) atoms. The number of nitrogens with one attached hydrogen (secondary N) is 1. The van der Waals surface area contributed by atoms with Crippen molar-refractivity contribution in [2.45, 2.75) is 25.9 Å². The molecular formula is C17H16N2O4. The zero-order valence-corrected chi connectivity index (χ0v) is 12.6. The highest BCUT2D eigenvalue weighted by atomic mass is 16.5. The van der Waals surface area contributed by atoms with Crippen molar-refractivity contribution < 1.29 is 18.7 Å². The predicted octanol–water partition coefficient (Wildman–Crippen LogP) is 2.65. The highest BCUT2D eigenvalue weighted by Gasteiger charge is 2.19. The summed E-state index contributed by atoms with van der Waals surface area (Å²) in [6.07, 6.45) is 1.12. The summed E-state index contributed by atoms with van der Waals surface area (Å²) < 4.78 is 10.2. The second-order valence-electron chi connectivity index (χ2n) is 4.86. The van der Waals surface area contributed by atoms with E-state index in [9.17, 15) is 9.59 Å². The zero-order valence-electron chi connectivity index (χ0n) is 12.6. The molecule has 0 saturated carbocycles. The van der Waals surface area contributed by atoms with E-state index in [-0.39, 0.29) is 6.42 Å². The lowest BCUT2D eigenvalue weighted by atomic mass is 10.2. The molecule has 0 fully saturated rings. The summed E-state index contributed by atoms with van der Waals surface area (Å²) in [7, 11) is 0. The van der Waals surface area contributed by atoms with Gasteiger partial charge in [-0.25, -0.2) is 0 Å². The standard InChI is InChI=1S/C17H16N2O4/c1-12(23-16(20)9-8-14-6-4-10-22-14)17(21)19-15-7-3-2-5-13(15)11-18/h2-7,10,12H,8-9H2,1H3,(H,19,21)/t12-/m0/s1. The van der Waals surface area contributed by atoms with Crippen LogP contribution in [0.15, 0.2) is 47.1 Å². The van der Waals surface area contributed by atoms with Crippen molar-refractivity contribution in [3.8, 4) is 6.07 Å². The lowest BCUT2D eigenvalue weighted by molar-refractivity contribution is -0.153. The van der Waals surface area contributed by atoms with E-state index < -0.39 is 18.0 Å². The van der Waals surface area contributed by atoms with Gasteiger partial charge >= 0.3 is 5.97 Å². The van der Waals surface area contributed by atoms with Gasteiger partial charge in [0.2, 0.25) is 0 Å². The summed E-state index contributed by atoms with van der Waals surface area (Å²) in [6, 6.07) is 12.1. The number of rotatable bonds is 6. The van der Waals surface area contributed by atoms with Gasteiger partial charge in [-0.3, -0.25) is 9.59 Å². The minimum Gasteiger partial charge on any atom is -0.469 e. The van der Waals surface area contributed by atoms with Crippen molar-refractivity contribution in [2.75, 3.05) is 5.32 Å². The van der Waals surface area contributed by atoms with Gasteiger partial charge in [0.05, 0.1) is 23.9 Å². The summed E-state index contributed by atoms with van der Waals surface area (Å²) in [5.41, 5.74) is 0.732. The highest BCUT2D eigenvalue weighted by molar-refractivity contribution is 5.96. The van der Waals surface area contributed by atoms with Crippen LogP contribution < -0.4 is 5.32 Å². The second kappa shape index (κ2) is 7.80. The molecule has 1 atom stereocenters. The maximum Gasteiger partial charge on any atom is 0.307 e. The van der Waals surface area contributed by atoms with Gasteiger partial charge in [-0.2, -0.15) is 5.26 Å². The van der Waals surface area contributed by atoms with Crippen LogP contribution in [0, 0.1) is 11.3 Å². The Morgan fingerprint density at radius 2 is 2.09 bits per heavy atom. The maximum atomic E-state index is 12.0. The van der Waals surface area contributed by atoms with Gasteiger partial charge in [0.15, 0.2) is 6.10 Å². The fraction of sp³-hybridized carbons (Fsp3) is 0.235. The SMILES string of the molecule is C[C@H](OC(=O)CCc1ccco1)C(=O)Nc1ccccc1C#N. The Morgan fingerprint density at radius 3 is 2.78 bits per heavy atom. The molecule has 0 bridgehead atoms. The van der Waals surface area contributed by atoms with Crippen LogP contribution >= 0.6 is 0 Å². The van der Waals surface area contributed by atoms with E-state index in [0.29, 0.717) is 23.4 Å². The Morgan fingerprint density at radius 1 is 1.30 bits per heavy atom. The molecule has 0 saturated heterocycles. The molecule has 2 aromatic rings. The molecule has 1 N–H and O–H groups in total. The molecule has 0 unspecified atom stereocenters. The molecule has 6 nitrogen and oxygen atoms in total. The average molecular weight is 312 g/mol. The third kappa shape index (κ3) is 4.71. The van der Waals surface area contributed by atoms with Crippen LogP contribution in [0.3, 0.4) is 0 Å². The van der Waals surface area contributed by atoms with Crippen molar-refractivity contribution in [3.63, 3.8) is 0 Å². The summed E-state index contributed by atoms with van der Waals surface area (Å²) in [4.78, 5) is 23.8. The first-order valence-corrected chi connectivity index (χ1v) is 7.12. The summed E-state index contributed by atoms with van der Waals surface area (Å²) >= 11 is 0. The number of nitrogens with zero attached hydrogens (tertiary/aromatic N) is 1. The minimum absolute atomic E-state index is 0.125. The fourth-order valence-electron chi connectivity index (χ4n) is 1.91. The first-order chi connectivity index (χ1) is 11.1. The molecule has 6 heteroatoms. The van der Waals surface area contributed by atoms with Crippen molar-refractivity contribution in [1.82, 2.24) is 0 Å². The fourth-order valence-corrected chi connectivity index (χ4v) is 1.91. The van der Waals surface area contributed by atoms with Gasteiger partial charge < -0.3 is 14.5 Å². The number of aryl methyl sites for hydroxylation is 1. The Hall–Kier alpha value is -3.07. The Balaban J connectivity index is 1.85. The van der Waals surface area contributed by atoms with Crippen molar-refractivity contribution in [1.29, 1.82) is 5.26 Å². The van der Waals surface area contributed by atoms with E-state index in [1.165, 1.54) is 13.2 Å². The van der Waals surface area contributed by atoms with Gasteiger partial charge in [-0.05, 0) is 31.2 Å². The highest BCUT2D eigenvalue weighted by Crippen LogP contribution is 2.14. The van der Waals surface area contributed by atoms with Crippen LogP contribution in [0.2, 0.25) is 0 Å².